The van der Waals surface area contributed by atoms with Gasteiger partial charge >= 0.3 is 0 Å². The van der Waals surface area contributed by atoms with Crippen molar-refractivity contribution >= 4 is 46.2 Å². The first-order valence-electron chi connectivity index (χ1n) is 8.70. The Morgan fingerprint density at radius 3 is 2.80 bits per heavy atom. The van der Waals surface area contributed by atoms with Crippen LogP contribution >= 0.6 is 24.0 Å². The smallest absolute Gasteiger partial charge is 0.266 e. The number of likely N-dealkylation sites (tertiary alicyclic amines) is 1. The fourth-order valence-corrected chi connectivity index (χ4v) is 4.57. The molecule has 132 valence electrons. The van der Waals surface area contributed by atoms with Gasteiger partial charge in [-0.1, -0.05) is 61.2 Å². The topological polar surface area (TPSA) is 40.6 Å². The Labute approximate surface area is 158 Å². The molecule has 2 amide bonds. The summed E-state index contributed by atoms with van der Waals surface area (Å²) in [5.74, 6) is -0.166. The maximum absolute atomic E-state index is 12.7. The highest BCUT2D eigenvalue weighted by molar-refractivity contribution is 8.26. The average Bonchev–Trinajstić information content (AvgIpc) is 2.90. The molecule has 1 aromatic rings. The Kier molecular flexibility index (Phi) is 5.91. The number of carbonyl (C=O) groups excluding carboxylic acids is 2. The number of thiocarbonyl (C=S) groups is 1. The first-order valence-corrected chi connectivity index (χ1v) is 9.92. The molecule has 2 aliphatic rings. The standard InChI is InChI=1S/C19H22N2O2S2/c1-2-15-10-6-7-11-20(15)17(22)13-21-18(23)16(25-19(21)24)12-14-8-4-3-5-9-14/h3-5,8-9,12,15H,2,6-7,10-11,13H2,1H3/b16-12-/t15-/m1/s1. The van der Waals surface area contributed by atoms with Crippen LogP contribution in [0.15, 0.2) is 35.2 Å². The molecule has 3 rings (SSSR count). The van der Waals surface area contributed by atoms with Crippen LogP contribution in [0.5, 0.6) is 0 Å². The number of rotatable bonds is 4. The third kappa shape index (κ3) is 4.12. The third-order valence-electron chi connectivity index (χ3n) is 4.68. The fraction of sp³-hybridized carbons (Fsp3) is 0.421. The number of piperidine rings is 1. The van der Waals surface area contributed by atoms with Crippen LogP contribution in [0, 0.1) is 0 Å². The van der Waals surface area contributed by atoms with Crippen LogP contribution in [-0.2, 0) is 9.59 Å². The van der Waals surface area contributed by atoms with E-state index in [9.17, 15) is 9.59 Å². The Morgan fingerprint density at radius 2 is 2.08 bits per heavy atom. The number of benzene rings is 1. The van der Waals surface area contributed by atoms with Crippen LogP contribution in [0.25, 0.3) is 6.08 Å². The van der Waals surface area contributed by atoms with Crippen molar-refractivity contribution in [3.05, 3.63) is 40.8 Å². The van der Waals surface area contributed by atoms with Gasteiger partial charge in [0.05, 0.1) is 4.91 Å². The molecule has 0 N–H and O–H groups in total. The van der Waals surface area contributed by atoms with Crippen molar-refractivity contribution in [3.63, 3.8) is 0 Å². The van der Waals surface area contributed by atoms with Gasteiger partial charge in [-0.2, -0.15) is 0 Å². The van der Waals surface area contributed by atoms with E-state index in [1.807, 2.05) is 41.3 Å². The largest absolute Gasteiger partial charge is 0.338 e. The SMILES string of the molecule is CC[C@@H]1CCCCN1C(=O)CN1C(=O)/C(=C/c2ccccc2)SC1=S. The molecule has 2 aliphatic heterocycles. The molecule has 0 unspecified atom stereocenters. The van der Waals surface area contributed by atoms with E-state index in [0.717, 1.165) is 31.4 Å². The number of hydrogen-bond donors (Lipinski definition) is 0. The summed E-state index contributed by atoms with van der Waals surface area (Å²) in [6.07, 6.45) is 6.05. The van der Waals surface area contributed by atoms with Crippen LogP contribution in [0.1, 0.15) is 38.2 Å². The first-order chi connectivity index (χ1) is 12.1. The van der Waals surface area contributed by atoms with E-state index in [-0.39, 0.29) is 18.4 Å². The van der Waals surface area contributed by atoms with Crippen molar-refractivity contribution in [2.75, 3.05) is 13.1 Å². The summed E-state index contributed by atoms with van der Waals surface area (Å²) < 4.78 is 0.464. The molecule has 0 aromatic heterocycles. The van der Waals surface area contributed by atoms with Gasteiger partial charge < -0.3 is 4.90 Å². The van der Waals surface area contributed by atoms with Gasteiger partial charge in [-0.25, -0.2) is 0 Å². The van der Waals surface area contributed by atoms with Crippen LogP contribution in [-0.4, -0.2) is 45.1 Å². The van der Waals surface area contributed by atoms with E-state index in [1.54, 1.807) is 0 Å². The van der Waals surface area contributed by atoms with Gasteiger partial charge in [-0.3, -0.25) is 14.5 Å². The lowest BCUT2D eigenvalue weighted by Crippen LogP contribution is -2.48. The van der Waals surface area contributed by atoms with Crippen LogP contribution in [0.2, 0.25) is 0 Å². The van der Waals surface area contributed by atoms with Gasteiger partial charge in [-0.05, 0) is 37.3 Å². The molecule has 0 aliphatic carbocycles. The quantitative estimate of drug-likeness (QED) is 0.595. The minimum atomic E-state index is -0.169. The lowest BCUT2D eigenvalue weighted by Gasteiger charge is -2.36. The van der Waals surface area contributed by atoms with E-state index >= 15 is 0 Å². The highest BCUT2D eigenvalue weighted by atomic mass is 32.2. The van der Waals surface area contributed by atoms with Crippen molar-refractivity contribution in [3.8, 4) is 0 Å². The highest BCUT2D eigenvalue weighted by Crippen LogP contribution is 2.32. The van der Waals surface area contributed by atoms with E-state index in [4.69, 9.17) is 12.2 Å². The lowest BCUT2D eigenvalue weighted by atomic mass is 10.00. The molecule has 0 radical (unpaired) electrons. The molecule has 4 nitrogen and oxygen atoms in total. The Balaban J connectivity index is 1.70. The molecule has 2 saturated heterocycles. The monoisotopic (exact) mass is 374 g/mol. The summed E-state index contributed by atoms with van der Waals surface area (Å²) in [5, 5.41) is 0. The molecule has 0 saturated carbocycles. The molecule has 1 atom stereocenters. The predicted molar refractivity (Wildman–Crippen MR) is 106 cm³/mol. The van der Waals surface area contributed by atoms with Crippen molar-refractivity contribution in [2.24, 2.45) is 0 Å². The summed E-state index contributed by atoms with van der Waals surface area (Å²) in [6.45, 7) is 2.94. The van der Waals surface area contributed by atoms with Gasteiger partial charge in [0, 0.05) is 12.6 Å². The first kappa shape index (κ1) is 18.1. The molecule has 25 heavy (non-hydrogen) atoms. The number of nitrogens with zero attached hydrogens (tertiary/aromatic N) is 2. The molecule has 1 aromatic carbocycles. The molecule has 0 spiro atoms. The fourth-order valence-electron chi connectivity index (χ4n) is 3.32. The van der Waals surface area contributed by atoms with Crippen LogP contribution in [0.4, 0.5) is 0 Å². The van der Waals surface area contributed by atoms with Crippen LogP contribution < -0.4 is 0 Å². The number of hydrogen-bond acceptors (Lipinski definition) is 4. The van der Waals surface area contributed by atoms with Crippen molar-refractivity contribution in [2.45, 2.75) is 38.6 Å². The van der Waals surface area contributed by atoms with Crippen molar-refractivity contribution in [1.29, 1.82) is 0 Å². The highest BCUT2D eigenvalue weighted by Gasteiger charge is 2.35. The zero-order chi connectivity index (χ0) is 17.8. The van der Waals surface area contributed by atoms with Gasteiger partial charge in [0.2, 0.25) is 5.91 Å². The normalized spacial score (nSPS) is 22.8. The minimum absolute atomic E-state index is 0.00353. The average molecular weight is 375 g/mol. The maximum Gasteiger partial charge on any atom is 0.266 e. The molecular weight excluding hydrogens is 352 g/mol. The van der Waals surface area contributed by atoms with E-state index < -0.39 is 0 Å². The lowest BCUT2D eigenvalue weighted by molar-refractivity contribution is -0.138. The van der Waals surface area contributed by atoms with Gasteiger partial charge in [0.25, 0.3) is 5.91 Å². The molecular formula is C19H22N2O2S2. The van der Waals surface area contributed by atoms with Crippen molar-refractivity contribution in [1.82, 2.24) is 9.80 Å². The molecule has 0 bridgehead atoms. The second kappa shape index (κ2) is 8.15. The number of carbonyl (C=O) groups is 2. The summed E-state index contributed by atoms with van der Waals surface area (Å²) >= 11 is 6.61. The summed E-state index contributed by atoms with van der Waals surface area (Å²) in [4.78, 5) is 29.3. The Hall–Kier alpha value is -1.66. The molecule has 2 fully saturated rings. The van der Waals surface area contributed by atoms with E-state index in [0.29, 0.717) is 15.3 Å². The molecule has 6 heteroatoms. The van der Waals surface area contributed by atoms with Crippen LogP contribution in [0.3, 0.4) is 0 Å². The second-order valence-corrected chi connectivity index (χ2v) is 8.00. The van der Waals surface area contributed by atoms with Gasteiger partial charge in [0.1, 0.15) is 10.9 Å². The summed E-state index contributed by atoms with van der Waals surface area (Å²) in [7, 11) is 0. The number of thioether (sulfide) groups is 1. The predicted octanol–water partition coefficient (Wildman–Crippen LogP) is 3.68. The number of amides is 2. The molecule has 2 heterocycles. The maximum atomic E-state index is 12.7. The minimum Gasteiger partial charge on any atom is -0.338 e. The zero-order valence-electron chi connectivity index (χ0n) is 14.3. The Morgan fingerprint density at radius 1 is 1.32 bits per heavy atom. The summed E-state index contributed by atoms with van der Waals surface area (Å²) in [6, 6.07) is 9.97. The second-order valence-electron chi connectivity index (χ2n) is 6.32. The summed E-state index contributed by atoms with van der Waals surface area (Å²) in [5.41, 5.74) is 0.955. The Bertz CT molecular complexity index is 703. The van der Waals surface area contributed by atoms with E-state index in [1.165, 1.54) is 23.1 Å². The van der Waals surface area contributed by atoms with Crippen molar-refractivity contribution < 1.29 is 9.59 Å². The van der Waals surface area contributed by atoms with E-state index in [2.05, 4.69) is 6.92 Å². The van der Waals surface area contributed by atoms with Gasteiger partial charge in [0.15, 0.2) is 0 Å². The van der Waals surface area contributed by atoms with Gasteiger partial charge in [-0.15, -0.1) is 0 Å². The third-order valence-corrected chi connectivity index (χ3v) is 6.06. The zero-order valence-corrected chi connectivity index (χ0v) is 15.9.